The molecule has 29 heavy (non-hydrogen) atoms. The van der Waals surface area contributed by atoms with E-state index in [0.29, 0.717) is 6.04 Å². The van der Waals surface area contributed by atoms with Gasteiger partial charge < -0.3 is 10.2 Å². The first kappa shape index (κ1) is 19.6. The third kappa shape index (κ3) is 4.66. The Kier molecular flexibility index (Phi) is 6.23. The van der Waals surface area contributed by atoms with E-state index in [0.717, 1.165) is 37.0 Å². The van der Waals surface area contributed by atoms with Gasteiger partial charge in [-0.25, -0.2) is 0 Å². The fraction of sp³-hybridized carbons (Fsp3) is 0.240. The van der Waals surface area contributed by atoms with E-state index in [9.17, 15) is 0 Å². The summed E-state index contributed by atoms with van der Waals surface area (Å²) in [4.78, 5) is 4.82. The van der Waals surface area contributed by atoms with Gasteiger partial charge in [0.1, 0.15) is 0 Å². The predicted octanol–water partition coefficient (Wildman–Crippen LogP) is 5.43. The second kappa shape index (κ2) is 9.21. The van der Waals surface area contributed by atoms with Crippen LogP contribution in [0.2, 0.25) is 0 Å². The van der Waals surface area contributed by atoms with Gasteiger partial charge in [-0.15, -0.1) is 0 Å². The second-order valence-corrected chi connectivity index (χ2v) is 7.84. The SMILES string of the molecule is CC(c1ccccc1)N1CCN(C(=S)Nc2ccccc2-c2ccccc2)CC1. The third-order valence-corrected chi connectivity index (χ3v) is 6.04. The van der Waals surface area contributed by atoms with Crippen molar-refractivity contribution in [1.29, 1.82) is 0 Å². The van der Waals surface area contributed by atoms with Gasteiger partial charge in [0.15, 0.2) is 5.11 Å². The van der Waals surface area contributed by atoms with E-state index in [1.54, 1.807) is 0 Å². The van der Waals surface area contributed by atoms with Crippen LogP contribution in [0.5, 0.6) is 0 Å². The second-order valence-electron chi connectivity index (χ2n) is 7.45. The summed E-state index contributed by atoms with van der Waals surface area (Å²) in [5.41, 5.74) is 4.80. The lowest BCUT2D eigenvalue weighted by atomic mass is 10.0. The first-order valence-corrected chi connectivity index (χ1v) is 10.6. The fourth-order valence-corrected chi connectivity index (χ4v) is 4.20. The minimum atomic E-state index is 0.429. The van der Waals surface area contributed by atoms with Crippen LogP contribution in [-0.2, 0) is 0 Å². The Morgan fingerprint density at radius 2 is 1.38 bits per heavy atom. The molecule has 1 heterocycles. The maximum absolute atomic E-state index is 5.76. The Morgan fingerprint density at radius 3 is 2.07 bits per heavy atom. The highest BCUT2D eigenvalue weighted by atomic mass is 32.1. The van der Waals surface area contributed by atoms with Gasteiger partial charge in [0.2, 0.25) is 0 Å². The number of piperazine rings is 1. The van der Waals surface area contributed by atoms with Gasteiger partial charge in [-0.05, 0) is 36.3 Å². The molecule has 4 rings (SSSR count). The molecule has 0 amide bonds. The molecule has 3 aromatic carbocycles. The van der Waals surface area contributed by atoms with Crippen LogP contribution in [0, 0.1) is 0 Å². The van der Waals surface area contributed by atoms with Gasteiger partial charge in [-0.3, -0.25) is 4.90 Å². The van der Waals surface area contributed by atoms with Crippen molar-refractivity contribution >= 4 is 23.0 Å². The predicted molar refractivity (Wildman–Crippen MR) is 126 cm³/mol. The van der Waals surface area contributed by atoms with Crippen LogP contribution in [0.4, 0.5) is 5.69 Å². The zero-order chi connectivity index (χ0) is 20.1. The van der Waals surface area contributed by atoms with Crippen molar-refractivity contribution in [2.75, 3.05) is 31.5 Å². The van der Waals surface area contributed by atoms with Crippen molar-refractivity contribution < 1.29 is 0 Å². The minimum Gasteiger partial charge on any atom is -0.346 e. The smallest absolute Gasteiger partial charge is 0.173 e. The molecular formula is C25H27N3S. The average molecular weight is 402 g/mol. The molecule has 1 saturated heterocycles. The van der Waals surface area contributed by atoms with Gasteiger partial charge in [-0.2, -0.15) is 0 Å². The monoisotopic (exact) mass is 401 g/mol. The van der Waals surface area contributed by atoms with Crippen molar-refractivity contribution in [1.82, 2.24) is 9.80 Å². The Bertz CT molecular complexity index is 935. The van der Waals surface area contributed by atoms with Crippen molar-refractivity contribution in [3.63, 3.8) is 0 Å². The largest absolute Gasteiger partial charge is 0.346 e. The lowest BCUT2D eigenvalue weighted by Crippen LogP contribution is -2.50. The van der Waals surface area contributed by atoms with Crippen LogP contribution < -0.4 is 5.32 Å². The van der Waals surface area contributed by atoms with Gasteiger partial charge in [0.05, 0.1) is 0 Å². The summed E-state index contributed by atoms with van der Waals surface area (Å²) in [5.74, 6) is 0. The molecule has 4 heteroatoms. The molecular weight excluding hydrogens is 374 g/mol. The highest BCUT2D eigenvalue weighted by molar-refractivity contribution is 7.80. The summed E-state index contributed by atoms with van der Waals surface area (Å²) in [5, 5.41) is 4.30. The van der Waals surface area contributed by atoms with Crippen molar-refractivity contribution in [3.8, 4) is 11.1 Å². The van der Waals surface area contributed by atoms with E-state index in [4.69, 9.17) is 12.2 Å². The summed E-state index contributed by atoms with van der Waals surface area (Å²) in [6.45, 7) is 6.20. The molecule has 148 valence electrons. The number of anilines is 1. The number of thiocarbonyl (C=S) groups is 1. The summed E-state index contributed by atoms with van der Waals surface area (Å²) in [6, 6.07) is 30.0. The van der Waals surface area contributed by atoms with E-state index in [1.807, 2.05) is 6.07 Å². The fourth-order valence-electron chi connectivity index (χ4n) is 3.91. The molecule has 0 bridgehead atoms. The molecule has 0 aromatic heterocycles. The maximum Gasteiger partial charge on any atom is 0.173 e. The van der Waals surface area contributed by atoms with E-state index in [2.05, 4.69) is 101 Å². The van der Waals surface area contributed by atoms with Gasteiger partial charge in [0.25, 0.3) is 0 Å². The van der Waals surface area contributed by atoms with Crippen LogP contribution in [0.15, 0.2) is 84.9 Å². The number of benzene rings is 3. The molecule has 0 radical (unpaired) electrons. The molecule has 1 fully saturated rings. The van der Waals surface area contributed by atoms with Gasteiger partial charge >= 0.3 is 0 Å². The third-order valence-electron chi connectivity index (χ3n) is 5.68. The molecule has 0 spiro atoms. The number of hydrogen-bond donors (Lipinski definition) is 1. The molecule has 3 aromatic rings. The lowest BCUT2D eigenvalue weighted by Gasteiger charge is -2.39. The van der Waals surface area contributed by atoms with Crippen LogP contribution >= 0.6 is 12.2 Å². The Hall–Kier alpha value is -2.69. The highest BCUT2D eigenvalue weighted by Crippen LogP contribution is 2.28. The van der Waals surface area contributed by atoms with Crippen LogP contribution in [0.25, 0.3) is 11.1 Å². The molecule has 1 aliphatic rings. The molecule has 0 saturated carbocycles. The lowest BCUT2D eigenvalue weighted by molar-refractivity contribution is 0.142. The molecule has 1 aliphatic heterocycles. The van der Waals surface area contributed by atoms with Crippen LogP contribution in [0.3, 0.4) is 0 Å². The van der Waals surface area contributed by atoms with Crippen molar-refractivity contribution in [2.45, 2.75) is 13.0 Å². The van der Waals surface area contributed by atoms with E-state index in [1.165, 1.54) is 16.7 Å². The quantitative estimate of drug-likeness (QED) is 0.587. The standard InChI is InChI=1S/C25H27N3S/c1-20(21-10-4-2-5-11-21)27-16-18-28(19-17-27)25(29)26-24-15-9-8-14-23(24)22-12-6-3-7-13-22/h2-15,20H,16-19H2,1H3,(H,26,29). The van der Waals surface area contributed by atoms with Gasteiger partial charge in [-0.1, -0.05) is 78.9 Å². The summed E-state index contributed by atoms with van der Waals surface area (Å²) in [6.07, 6.45) is 0. The van der Waals surface area contributed by atoms with Crippen molar-refractivity contribution in [2.24, 2.45) is 0 Å². The molecule has 0 aliphatic carbocycles. The van der Waals surface area contributed by atoms with Gasteiger partial charge in [0, 0.05) is 43.5 Å². The molecule has 1 atom stereocenters. The number of para-hydroxylation sites is 1. The van der Waals surface area contributed by atoms with Crippen molar-refractivity contribution in [3.05, 3.63) is 90.5 Å². The molecule has 1 unspecified atom stereocenters. The van der Waals surface area contributed by atoms with E-state index < -0.39 is 0 Å². The number of rotatable bonds is 4. The first-order valence-electron chi connectivity index (χ1n) is 10.2. The Balaban J connectivity index is 1.39. The number of nitrogens with zero attached hydrogens (tertiary/aromatic N) is 2. The zero-order valence-corrected chi connectivity index (χ0v) is 17.6. The minimum absolute atomic E-state index is 0.429. The highest BCUT2D eigenvalue weighted by Gasteiger charge is 2.23. The van der Waals surface area contributed by atoms with Crippen LogP contribution in [0.1, 0.15) is 18.5 Å². The first-order chi connectivity index (χ1) is 14.2. The summed E-state index contributed by atoms with van der Waals surface area (Å²) in [7, 11) is 0. The number of hydrogen-bond acceptors (Lipinski definition) is 2. The summed E-state index contributed by atoms with van der Waals surface area (Å²) >= 11 is 5.76. The maximum atomic E-state index is 5.76. The van der Waals surface area contributed by atoms with E-state index in [-0.39, 0.29) is 0 Å². The van der Waals surface area contributed by atoms with Crippen LogP contribution in [-0.4, -0.2) is 41.1 Å². The zero-order valence-electron chi connectivity index (χ0n) is 16.8. The molecule has 1 N–H and O–H groups in total. The topological polar surface area (TPSA) is 18.5 Å². The number of nitrogens with one attached hydrogen (secondary N) is 1. The van der Waals surface area contributed by atoms with E-state index >= 15 is 0 Å². The summed E-state index contributed by atoms with van der Waals surface area (Å²) < 4.78 is 0. The normalized spacial score (nSPS) is 15.7. The molecule has 3 nitrogen and oxygen atoms in total. The average Bonchev–Trinajstić information content (AvgIpc) is 2.80. The Labute approximate surface area is 179 Å². The Morgan fingerprint density at radius 1 is 0.793 bits per heavy atom.